The third-order valence-corrected chi connectivity index (χ3v) is 6.95. The first-order valence-electron chi connectivity index (χ1n) is 9.32. The van der Waals surface area contributed by atoms with Gasteiger partial charge in [0.2, 0.25) is 5.91 Å². The van der Waals surface area contributed by atoms with Crippen molar-refractivity contribution < 1.29 is 13.2 Å². The molecule has 1 heterocycles. The van der Waals surface area contributed by atoms with Gasteiger partial charge in [0.15, 0.2) is 0 Å². The molecule has 1 N–H and O–H groups in total. The number of halogens is 1. The van der Waals surface area contributed by atoms with Gasteiger partial charge in [-0.1, -0.05) is 28.1 Å². The molecule has 1 aliphatic heterocycles. The Morgan fingerprint density at radius 3 is 2.28 bits per heavy atom. The molecule has 2 aromatic rings. The Kier molecular flexibility index (Phi) is 6.14. The second kappa shape index (κ2) is 8.28. The molecule has 0 atom stereocenters. The summed E-state index contributed by atoms with van der Waals surface area (Å²) in [4.78, 5) is 14.8. The maximum Gasteiger partial charge on any atom is 0.283 e. The molecule has 0 unspecified atom stereocenters. The minimum atomic E-state index is -3.77. The number of carbonyl (C=O) groups is 1. The summed E-state index contributed by atoms with van der Waals surface area (Å²) in [6.07, 6.45) is 1.57. The van der Waals surface area contributed by atoms with E-state index < -0.39 is 15.4 Å². The lowest BCUT2D eigenvalue weighted by molar-refractivity contribution is -0.120. The lowest BCUT2D eigenvalue weighted by atomic mass is 9.83. The van der Waals surface area contributed by atoms with E-state index in [9.17, 15) is 13.2 Å². The number of likely N-dealkylation sites (tertiary alicyclic amines) is 1. The molecule has 0 aliphatic carbocycles. The molecule has 0 bridgehead atoms. The van der Waals surface area contributed by atoms with Crippen molar-refractivity contribution in [1.82, 2.24) is 4.90 Å². The molecule has 0 saturated carbocycles. The summed E-state index contributed by atoms with van der Waals surface area (Å²) < 4.78 is 30.0. The Morgan fingerprint density at radius 2 is 1.72 bits per heavy atom. The quantitative estimate of drug-likeness (QED) is 0.700. The van der Waals surface area contributed by atoms with E-state index >= 15 is 0 Å². The fourth-order valence-electron chi connectivity index (χ4n) is 3.10. The van der Waals surface area contributed by atoms with Gasteiger partial charge in [0.1, 0.15) is 5.84 Å². The van der Waals surface area contributed by atoms with Crippen LogP contribution in [0, 0.1) is 0 Å². The zero-order valence-electron chi connectivity index (χ0n) is 16.6. The van der Waals surface area contributed by atoms with Crippen LogP contribution in [0.4, 0.5) is 5.69 Å². The molecule has 8 heteroatoms. The second-order valence-electron chi connectivity index (χ2n) is 7.62. The molecule has 1 saturated heterocycles. The first-order valence-corrected chi connectivity index (χ1v) is 11.6. The van der Waals surface area contributed by atoms with Crippen LogP contribution in [-0.4, -0.2) is 38.7 Å². The summed E-state index contributed by atoms with van der Waals surface area (Å²) in [6, 6.07) is 13.7. The van der Waals surface area contributed by atoms with Gasteiger partial charge in [0, 0.05) is 30.2 Å². The summed E-state index contributed by atoms with van der Waals surface area (Å²) in [5.74, 6) is 0.405. The zero-order chi connectivity index (χ0) is 21.2. The number of hydrogen-bond acceptors (Lipinski definition) is 3. The molecule has 3 rings (SSSR count). The molecule has 1 amide bonds. The van der Waals surface area contributed by atoms with Gasteiger partial charge in [-0.05, 0) is 62.2 Å². The molecule has 1 fully saturated rings. The maximum atomic E-state index is 12.8. The van der Waals surface area contributed by atoms with E-state index in [-0.39, 0.29) is 10.8 Å². The van der Waals surface area contributed by atoms with E-state index in [4.69, 9.17) is 0 Å². The molecular weight excluding hydrogens is 454 g/mol. The Labute approximate surface area is 180 Å². The van der Waals surface area contributed by atoms with Gasteiger partial charge in [0.25, 0.3) is 10.0 Å². The van der Waals surface area contributed by atoms with E-state index in [0.717, 1.165) is 23.0 Å². The van der Waals surface area contributed by atoms with Crippen molar-refractivity contribution >= 4 is 43.4 Å². The number of nitrogens with zero attached hydrogens (tertiary/aromatic N) is 2. The molecule has 2 aromatic carbocycles. The summed E-state index contributed by atoms with van der Waals surface area (Å²) in [5, 5.41) is 2.86. The van der Waals surface area contributed by atoms with Crippen LogP contribution >= 0.6 is 15.9 Å². The topological polar surface area (TPSA) is 78.8 Å². The monoisotopic (exact) mass is 477 g/mol. The van der Waals surface area contributed by atoms with Crippen molar-refractivity contribution in [3.63, 3.8) is 0 Å². The van der Waals surface area contributed by atoms with Gasteiger partial charge in [-0.15, -0.1) is 4.40 Å². The number of benzene rings is 2. The third-order valence-electron chi connectivity index (χ3n) is 5.10. The Balaban J connectivity index is 1.75. The highest BCUT2D eigenvalue weighted by molar-refractivity contribution is 9.10. The van der Waals surface area contributed by atoms with Crippen molar-refractivity contribution in [2.24, 2.45) is 4.40 Å². The number of amides is 1. The highest BCUT2D eigenvalue weighted by Gasteiger charge is 2.30. The van der Waals surface area contributed by atoms with E-state index in [1.165, 1.54) is 12.1 Å². The van der Waals surface area contributed by atoms with Crippen LogP contribution in [0.2, 0.25) is 0 Å². The van der Waals surface area contributed by atoms with Gasteiger partial charge in [-0.25, -0.2) is 0 Å². The first-order chi connectivity index (χ1) is 13.6. The van der Waals surface area contributed by atoms with Crippen molar-refractivity contribution in [3.05, 3.63) is 58.6 Å². The number of carbonyl (C=O) groups excluding carboxylic acids is 1. The summed E-state index contributed by atoms with van der Waals surface area (Å²) in [5.41, 5.74) is 0.670. The third kappa shape index (κ3) is 4.87. The number of nitrogens with one attached hydrogen (secondary N) is 1. The summed E-state index contributed by atoms with van der Waals surface area (Å²) in [7, 11) is -1.93. The largest absolute Gasteiger partial charge is 0.362 e. The summed E-state index contributed by atoms with van der Waals surface area (Å²) in [6.45, 7) is 4.50. The zero-order valence-corrected chi connectivity index (χ0v) is 19.0. The van der Waals surface area contributed by atoms with Gasteiger partial charge < -0.3 is 10.2 Å². The fraction of sp³-hybridized carbons (Fsp3) is 0.333. The fourth-order valence-corrected chi connectivity index (χ4v) is 4.45. The number of anilines is 1. The normalized spacial score (nSPS) is 16.3. The van der Waals surface area contributed by atoms with Crippen LogP contribution in [-0.2, 0) is 20.2 Å². The van der Waals surface area contributed by atoms with Gasteiger partial charge in [0.05, 0.1) is 10.3 Å². The average Bonchev–Trinajstić information content (AvgIpc) is 3.06. The maximum absolute atomic E-state index is 12.8. The number of sulfonamides is 1. The van der Waals surface area contributed by atoms with E-state index in [1.807, 2.05) is 50.1 Å². The molecule has 0 radical (unpaired) electrons. The highest BCUT2D eigenvalue weighted by Crippen LogP contribution is 2.27. The lowest BCUT2D eigenvalue weighted by Gasteiger charge is -2.24. The lowest BCUT2D eigenvalue weighted by Crippen LogP contribution is -2.34. The van der Waals surface area contributed by atoms with Crippen LogP contribution in [0.1, 0.15) is 32.3 Å². The molecule has 6 nitrogen and oxygen atoms in total. The number of rotatable bonds is 5. The Hall–Kier alpha value is -2.19. The molecule has 0 spiro atoms. The predicted molar refractivity (Wildman–Crippen MR) is 119 cm³/mol. The molecule has 1 aliphatic rings. The number of amidine groups is 1. The van der Waals surface area contributed by atoms with E-state index in [0.29, 0.717) is 17.9 Å². The van der Waals surface area contributed by atoms with Gasteiger partial charge in [-0.2, -0.15) is 8.42 Å². The van der Waals surface area contributed by atoms with Crippen LogP contribution in [0.5, 0.6) is 0 Å². The van der Waals surface area contributed by atoms with Gasteiger partial charge in [-0.3, -0.25) is 4.79 Å². The van der Waals surface area contributed by atoms with Crippen molar-refractivity contribution in [1.29, 1.82) is 0 Å². The second-order valence-corrected chi connectivity index (χ2v) is 10.1. The molecule has 154 valence electrons. The number of hydrogen-bond donors (Lipinski definition) is 1. The average molecular weight is 478 g/mol. The smallest absolute Gasteiger partial charge is 0.283 e. The Morgan fingerprint density at radius 1 is 1.10 bits per heavy atom. The van der Waals surface area contributed by atoms with E-state index in [2.05, 4.69) is 25.6 Å². The minimum absolute atomic E-state index is 0.107. The minimum Gasteiger partial charge on any atom is -0.362 e. The van der Waals surface area contributed by atoms with Crippen molar-refractivity contribution in [3.8, 4) is 0 Å². The first kappa shape index (κ1) is 21.5. The van der Waals surface area contributed by atoms with Crippen LogP contribution in [0.15, 0.2) is 62.3 Å². The Bertz CT molecular complexity index is 1030. The van der Waals surface area contributed by atoms with Crippen molar-refractivity contribution in [2.75, 3.05) is 18.9 Å². The van der Waals surface area contributed by atoms with Crippen LogP contribution < -0.4 is 5.32 Å². The van der Waals surface area contributed by atoms with Crippen molar-refractivity contribution in [2.45, 2.75) is 37.0 Å². The van der Waals surface area contributed by atoms with Crippen LogP contribution in [0.3, 0.4) is 0 Å². The van der Waals surface area contributed by atoms with Gasteiger partial charge >= 0.3 is 0 Å². The predicted octanol–water partition coefficient (Wildman–Crippen LogP) is 4.18. The SMILES string of the molecule is CN1CCC/C1=N\S(=O)(=O)c1ccc(NC(=O)C(C)(C)c2ccc(Br)cc2)cc1. The van der Waals surface area contributed by atoms with Crippen LogP contribution in [0.25, 0.3) is 0 Å². The standard InChI is InChI=1S/C21H24BrN3O3S/c1-21(2,15-6-8-16(22)9-7-15)20(26)23-17-10-12-18(13-11-17)29(27,28)24-19-5-4-14-25(19)3/h6-13H,4-5,14H2,1-3H3,(H,23,26)/b24-19+. The molecular formula is C21H24BrN3O3S. The molecule has 0 aromatic heterocycles. The van der Waals surface area contributed by atoms with E-state index in [1.54, 1.807) is 12.1 Å². The summed E-state index contributed by atoms with van der Waals surface area (Å²) >= 11 is 3.39. The molecule has 29 heavy (non-hydrogen) atoms. The highest BCUT2D eigenvalue weighted by atomic mass is 79.9.